The van der Waals surface area contributed by atoms with Gasteiger partial charge < -0.3 is 14.0 Å². The van der Waals surface area contributed by atoms with Crippen LogP contribution in [-0.2, 0) is 22.6 Å². The Balaban J connectivity index is 1.58. The van der Waals surface area contributed by atoms with E-state index in [1.54, 1.807) is 0 Å². The monoisotopic (exact) mass is 354 g/mol. The third-order valence-corrected chi connectivity index (χ3v) is 5.90. The van der Waals surface area contributed by atoms with Crippen LogP contribution in [0, 0.1) is 11.8 Å². The molecule has 3 unspecified atom stereocenters. The minimum atomic E-state index is 0.541. The van der Waals surface area contributed by atoms with Crippen LogP contribution < -0.4 is 0 Å². The van der Waals surface area contributed by atoms with Crippen molar-refractivity contribution in [1.29, 1.82) is 0 Å². The summed E-state index contributed by atoms with van der Waals surface area (Å²) in [6.07, 6.45) is 8.69. The number of imidazole rings is 1. The van der Waals surface area contributed by atoms with E-state index in [2.05, 4.69) is 10.8 Å². The first kappa shape index (κ1) is 16.4. The van der Waals surface area contributed by atoms with Crippen LogP contribution in [-0.4, -0.2) is 40.6 Å². The third kappa shape index (κ3) is 2.85. The minimum absolute atomic E-state index is 0.541. The molecule has 1 saturated heterocycles. The summed E-state index contributed by atoms with van der Waals surface area (Å²) in [7, 11) is 0. The lowest BCUT2D eigenvalue weighted by molar-refractivity contribution is 0.124. The molecule has 3 atom stereocenters. The maximum atomic E-state index is 5.71. The van der Waals surface area contributed by atoms with Gasteiger partial charge in [-0.3, -0.25) is 9.98 Å². The average Bonchev–Trinajstić information content (AvgIpc) is 3.42. The molecule has 2 aliphatic heterocycles. The van der Waals surface area contributed by atoms with Crippen molar-refractivity contribution < 1.29 is 9.47 Å². The van der Waals surface area contributed by atoms with Gasteiger partial charge in [0.15, 0.2) is 0 Å². The molecule has 4 heterocycles. The van der Waals surface area contributed by atoms with E-state index in [0.717, 1.165) is 55.1 Å². The maximum Gasteiger partial charge on any atom is 0.136 e. The standard InChI is InChI=1S/C20H26N4O2/c1-2-25-12-17-23-16-10-22-18-15-8-14(15)9-21-19(18)20(16)24(17)11-13-4-3-6-26-7-5-13/h9-10,13-15H,2-8,11-12H2,1H3. The van der Waals surface area contributed by atoms with E-state index >= 15 is 0 Å². The van der Waals surface area contributed by atoms with E-state index in [9.17, 15) is 0 Å². The van der Waals surface area contributed by atoms with E-state index in [-0.39, 0.29) is 0 Å². The molecule has 5 rings (SSSR count). The summed E-state index contributed by atoms with van der Waals surface area (Å²) in [5, 5.41) is 0. The van der Waals surface area contributed by atoms with Gasteiger partial charge in [0.05, 0.1) is 17.4 Å². The van der Waals surface area contributed by atoms with E-state index in [4.69, 9.17) is 24.4 Å². The molecular formula is C20H26N4O2. The molecule has 6 nitrogen and oxygen atoms in total. The van der Waals surface area contributed by atoms with Crippen molar-refractivity contribution in [2.24, 2.45) is 16.8 Å². The van der Waals surface area contributed by atoms with Crippen LogP contribution in [0.3, 0.4) is 0 Å². The number of fused-ring (bicyclic) bond motifs is 5. The topological polar surface area (TPSA) is 61.5 Å². The zero-order chi connectivity index (χ0) is 17.5. The first-order valence-electron chi connectivity index (χ1n) is 9.92. The van der Waals surface area contributed by atoms with Gasteiger partial charge in [0.1, 0.15) is 23.6 Å². The zero-order valence-electron chi connectivity index (χ0n) is 15.4. The molecule has 2 fully saturated rings. The SMILES string of the molecule is CCOCc1nc2cnc3c(c2n1CC1CCCOCC1)N=CC1CC31. The van der Waals surface area contributed by atoms with Crippen LogP contribution >= 0.6 is 0 Å². The van der Waals surface area contributed by atoms with Crippen LogP contribution in [0.4, 0.5) is 5.69 Å². The lowest BCUT2D eigenvalue weighted by Crippen LogP contribution is -2.15. The lowest BCUT2D eigenvalue weighted by Gasteiger charge is -2.18. The van der Waals surface area contributed by atoms with Crippen LogP contribution in [0.25, 0.3) is 11.0 Å². The van der Waals surface area contributed by atoms with Gasteiger partial charge in [0.25, 0.3) is 0 Å². The molecule has 3 aliphatic rings. The second-order valence-electron chi connectivity index (χ2n) is 7.70. The molecule has 0 spiro atoms. The number of hydrogen-bond donors (Lipinski definition) is 0. The maximum absolute atomic E-state index is 5.71. The van der Waals surface area contributed by atoms with E-state index in [0.29, 0.717) is 31.0 Å². The molecule has 0 bridgehead atoms. The fourth-order valence-electron chi connectivity index (χ4n) is 4.35. The van der Waals surface area contributed by atoms with Gasteiger partial charge in [-0.15, -0.1) is 0 Å². The summed E-state index contributed by atoms with van der Waals surface area (Å²) < 4.78 is 13.7. The molecule has 0 aromatic carbocycles. The first-order chi connectivity index (χ1) is 12.8. The van der Waals surface area contributed by atoms with E-state index < -0.39 is 0 Å². The summed E-state index contributed by atoms with van der Waals surface area (Å²) >= 11 is 0. The van der Waals surface area contributed by atoms with E-state index in [1.165, 1.54) is 18.5 Å². The summed E-state index contributed by atoms with van der Waals surface area (Å²) in [4.78, 5) is 14.4. The molecule has 0 N–H and O–H groups in total. The normalized spacial score (nSPS) is 27.2. The molecule has 0 radical (unpaired) electrons. The van der Waals surface area contributed by atoms with Gasteiger partial charge in [-0.05, 0) is 38.5 Å². The number of ether oxygens (including phenoxy) is 2. The van der Waals surface area contributed by atoms with Gasteiger partial charge in [0, 0.05) is 44.4 Å². The Kier molecular flexibility index (Phi) is 4.25. The minimum Gasteiger partial charge on any atom is -0.381 e. The zero-order valence-corrected chi connectivity index (χ0v) is 15.4. The van der Waals surface area contributed by atoms with E-state index in [1.807, 2.05) is 13.1 Å². The second kappa shape index (κ2) is 6.74. The molecule has 2 aromatic heterocycles. The van der Waals surface area contributed by atoms with Crippen molar-refractivity contribution in [3.05, 3.63) is 17.7 Å². The van der Waals surface area contributed by atoms with Crippen molar-refractivity contribution in [3.8, 4) is 0 Å². The van der Waals surface area contributed by atoms with Crippen LogP contribution in [0.2, 0.25) is 0 Å². The molecule has 26 heavy (non-hydrogen) atoms. The van der Waals surface area contributed by atoms with Crippen LogP contribution in [0.1, 0.15) is 50.0 Å². The van der Waals surface area contributed by atoms with Crippen molar-refractivity contribution in [2.45, 2.75) is 51.7 Å². The quantitative estimate of drug-likeness (QED) is 0.823. The number of aliphatic imine (C=N–C) groups is 1. The third-order valence-electron chi connectivity index (χ3n) is 5.90. The summed E-state index contributed by atoms with van der Waals surface area (Å²) in [5.74, 6) is 2.78. The molecule has 1 saturated carbocycles. The van der Waals surface area contributed by atoms with Gasteiger partial charge in [-0.2, -0.15) is 0 Å². The Morgan fingerprint density at radius 3 is 3.19 bits per heavy atom. The number of aromatic nitrogens is 3. The molecular weight excluding hydrogens is 328 g/mol. The summed E-state index contributed by atoms with van der Waals surface area (Å²) in [6.45, 7) is 5.97. The Morgan fingerprint density at radius 1 is 1.31 bits per heavy atom. The highest BCUT2D eigenvalue weighted by Crippen LogP contribution is 2.52. The molecule has 1 aliphatic carbocycles. The average molecular weight is 354 g/mol. The van der Waals surface area contributed by atoms with Crippen molar-refractivity contribution in [1.82, 2.24) is 14.5 Å². The van der Waals surface area contributed by atoms with Crippen molar-refractivity contribution >= 4 is 22.9 Å². The van der Waals surface area contributed by atoms with Crippen LogP contribution in [0.5, 0.6) is 0 Å². The fourth-order valence-corrected chi connectivity index (χ4v) is 4.35. The largest absolute Gasteiger partial charge is 0.381 e. The Labute approximate surface area is 153 Å². The van der Waals surface area contributed by atoms with Crippen LogP contribution in [0.15, 0.2) is 11.2 Å². The molecule has 138 valence electrons. The Hall–Kier alpha value is -1.79. The Bertz CT molecular complexity index is 836. The molecule has 0 amide bonds. The lowest BCUT2D eigenvalue weighted by atomic mass is 10.0. The smallest absolute Gasteiger partial charge is 0.136 e. The van der Waals surface area contributed by atoms with Gasteiger partial charge in [0.2, 0.25) is 0 Å². The number of nitrogens with zero attached hydrogens (tertiary/aromatic N) is 4. The summed E-state index contributed by atoms with van der Waals surface area (Å²) in [6, 6.07) is 0. The highest BCUT2D eigenvalue weighted by Gasteiger charge is 2.43. The second-order valence-corrected chi connectivity index (χ2v) is 7.70. The first-order valence-corrected chi connectivity index (χ1v) is 9.92. The highest BCUT2D eigenvalue weighted by atomic mass is 16.5. The Morgan fingerprint density at radius 2 is 2.27 bits per heavy atom. The summed E-state index contributed by atoms with van der Waals surface area (Å²) in [5.41, 5.74) is 4.30. The van der Waals surface area contributed by atoms with Gasteiger partial charge in [-0.25, -0.2) is 4.98 Å². The fraction of sp³-hybridized carbons (Fsp3) is 0.650. The number of pyridine rings is 1. The van der Waals surface area contributed by atoms with Gasteiger partial charge >= 0.3 is 0 Å². The number of hydrogen-bond acceptors (Lipinski definition) is 5. The van der Waals surface area contributed by atoms with Crippen molar-refractivity contribution in [2.75, 3.05) is 19.8 Å². The molecule has 2 aromatic rings. The highest BCUT2D eigenvalue weighted by molar-refractivity contribution is 5.93. The predicted octanol–water partition coefficient (Wildman–Crippen LogP) is 3.60. The number of rotatable bonds is 5. The molecule has 6 heteroatoms. The van der Waals surface area contributed by atoms with Gasteiger partial charge in [-0.1, -0.05) is 0 Å². The predicted molar refractivity (Wildman–Crippen MR) is 100 cm³/mol. The van der Waals surface area contributed by atoms with Crippen molar-refractivity contribution in [3.63, 3.8) is 0 Å².